The smallest absolute Gasteiger partial charge is 0.323 e. The Labute approximate surface area is 105 Å². The van der Waals surface area contributed by atoms with Crippen molar-refractivity contribution in [2.45, 2.75) is 26.3 Å². The Morgan fingerprint density at radius 1 is 1.61 bits per heavy atom. The molecule has 1 rings (SSSR count). The fourth-order valence-electron chi connectivity index (χ4n) is 1.47. The van der Waals surface area contributed by atoms with E-state index in [0.29, 0.717) is 12.1 Å². The summed E-state index contributed by atoms with van der Waals surface area (Å²) in [5.41, 5.74) is 0.543. The molecule has 18 heavy (non-hydrogen) atoms. The van der Waals surface area contributed by atoms with Gasteiger partial charge in [-0.25, -0.2) is 4.79 Å². The molecule has 0 fully saturated rings. The zero-order chi connectivity index (χ0) is 13.7. The van der Waals surface area contributed by atoms with Crippen molar-refractivity contribution in [1.29, 1.82) is 0 Å². The number of rotatable bonds is 5. The zero-order valence-electron chi connectivity index (χ0n) is 10.8. The van der Waals surface area contributed by atoms with Crippen LogP contribution >= 0.6 is 0 Å². The van der Waals surface area contributed by atoms with E-state index in [1.807, 2.05) is 13.8 Å². The van der Waals surface area contributed by atoms with Crippen LogP contribution in [0, 0.1) is 0 Å². The Morgan fingerprint density at radius 2 is 2.28 bits per heavy atom. The number of nitrogens with zero attached hydrogens (tertiary/aromatic N) is 3. The van der Waals surface area contributed by atoms with Gasteiger partial charge in [-0.15, -0.1) is 0 Å². The number of anilines is 1. The molecule has 0 aliphatic carbocycles. The van der Waals surface area contributed by atoms with Crippen LogP contribution in [-0.2, 0) is 11.8 Å². The number of carboxylic acids is 1. The van der Waals surface area contributed by atoms with E-state index in [4.69, 9.17) is 5.11 Å². The Morgan fingerprint density at radius 3 is 2.72 bits per heavy atom. The summed E-state index contributed by atoms with van der Waals surface area (Å²) in [5.74, 6) is -1.03. The first kappa shape index (κ1) is 14.0. The van der Waals surface area contributed by atoms with Crippen molar-refractivity contribution in [2.75, 3.05) is 11.9 Å². The Bertz CT molecular complexity index is 430. The summed E-state index contributed by atoms with van der Waals surface area (Å²) in [6, 6.07) is -0.572. The first-order valence-electron chi connectivity index (χ1n) is 5.72. The second-order valence-electron chi connectivity index (χ2n) is 4.11. The summed E-state index contributed by atoms with van der Waals surface area (Å²) >= 11 is 0. The van der Waals surface area contributed by atoms with Crippen LogP contribution in [0.4, 0.5) is 10.5 Å². The monoisotopic (exact) mass is 254 g/mol. The van der Waals surface area contributed by atoms with Gasteiger partial charge in [-0.1, -0.05) is 6.92 Å². The number of carbonyl (C=O) groups excluding carboxylic acids is 1. The molecule has 0 bridgehead atoms. The average molecular weight is 254 g/mol. The van der Waals surface area contributed by atoms with Gasteiger partial charge in [0.2, 0.25) is 0 Å². The predicted octanol–water partition coefficient (Wildman–Crippen LogP) is 1.14. The van der Waals surface area contributed by atoms with Gasteiger partial charge in [-0.3, -0.25) is 9.48 Å². The molecule has 0 saturated carbocycles. The van der Waals surface area contributed by atoms with Gasteiger partial charge in [0.25, 0.3) is 0 Å². The van der Waals surface area contributed by atoms with E-state index in [9.17, 15) is 9.59 Å². The minimum Gasteiger partial charge on any atom is -0.480 e. The van der Waals surface area contributed by atoms with Crippen molar-refractivity contribution in [3.8, 4) is 0 Å². The van der Waals surface area contributed by atoms with Gasteiger partial charge in [0.1, 0.15) is 6.54 Å². The molecule has 7 heteroatoms. The van der Waals surface area contributed by atoms with Crippen LogP contribution in [0.3, 0.4) is 0 Å². The number of aliphatic carboxylic acids is 1. The molecule has 1 atom stereocenters. The van der Waals surface area contributed by atoms with E-state index >= 15 is 0 Å². The van der Waals surface area contributed by atoms with E-state index in [-0.39, 0.29) is 12.6 Å². The number of aromatic nitrogens is 2. The number of carbonyl (C=O) groups is 2. The van der Waals surface area contributed by atoms with Gasteiger partial charge < -0.3 is 15.3 Å². The average Bonchev–Trinajstić information content (AvgIpc) is 2.70. The van der Waals surface area contributed by atoms with E-state index < -0.39 is 12.0 Å². The quantitative estimate of drug-likeness (QED) is 0.824. The molecule has 2 N–H and O–H groups in total. The zero-order valence-corrected chi connectivity index (χ0v) is 10.8. The van der Waals surface area contributed by atoms with Gasteiger partial charge >= 0.3 is 12.0 Å². The number of carboxylic acid groups (broad SMARTS) is 1. The van der Waals surface area contributed by atoms with Gasteiger partial charge in [0, 0.05) is 19.3 Å². The normalized spacial score (nSPS) is 11.9. The highest BCUT2D eigenvalue weighted by atomic mass is 16.4. The lowest BCUT2D eigenvalue weighted by Gasteiger charge is -2.26. The molecule has 7 nitrogen and oxygen atoms in total. The lowest BCUT2D eigenvalue weighted by atomic mass is 10.2. The third kappa shape index (κ3) is 3.76. The standard InChI is InChI=1S/C11H18N4O3/c1-4-8(2)15(7-10(16)17)11(18)13-9-5-12-14(3)6-9/h5-6,8H,4,7H2,1-3H3,(H,13,18)(H,16,17). The highest BCUT2D eigenvalue weighted by molar-refractivity contribution is 5.91. The van der Waals surface area contributed by atoms with Crippen molar-refractivity contribution >= 4 is 17.7 Å². The van der Waals surface area contributed by atoms with Crippen LogP contribution in [0.15, 0.2) is 12.4 Å². The van der Waals surface area contributed by atoms with Crippen LogP contribution < -0.4 is 5.32 Å². The SMILES string of the molecule is CCC(C)N(CC(=O)O)C(=O)Nc1cnn(C)c1. The fraction of sp³-hybridized carbons (Fsp3) is 0.545. The van der Waals surface area contributed by atoms with Crippen molar-refractivity contribution < 1.29 is 14.7 Å². The van der Waals surface area contributed by atoms with Gasteiger partial charge in [0.05, 0.1) is 11.9 Å². The number of hydrogen-bond donors (Lipinski definition) is 2. The van der Waals surface area contributed by atoms with Crippen molar-refractivity contribution in [3.63, 3.8) is 0 Å². The highest BCUT2D eigenvalue weighted by Crippen LogP contribution is 2.09. The summed E-state index contributed by atoms with van der Waals surface area (Å²) in [7, 11) is 1.74. The Hall–Kier alpha value is -2.05. The summed E-state index contributed by atoms with van der Waals surface area (Å²) in [5, 5.41) is 15.4. The number of amides is 2. The molecule has 0 saturated heterocycles. The summed E-state index contributed by atoms with van der Waals surface area (Å²) in [4.78, 5) is 24.0. The van der Waals surface area contributed by atoms with Crippen LogP contribution in [0.1, 0.15) is 20.3 Å². The van der Waals surface area contributed by atoms with Crippen LogP contribution in [-0.4, -0.2) is 44.4 Å². The van der Waals surface area contributed by atoms with Crippen LogP contribution in [0.2, 0.25) is 0 Å². The number of nitrogens with one attached hydrogen (secondary N) is 1. The van der Waals surface area contributed by atoms with Crippen molar-refractivity contribution in [1.82, 2.24) is 14.7 Å². The molecule has 2 amide bonds. The fourth-order valence-corrected chi connectivity index (χ4v) is 1.47. The molecule has 0 aliphatic heterocycles. The first-order valence-corrected chi connectivity index (χ1v) is 5.72. The predicted molar refractivity (Wildman–Crippen MR) is 66.3 cm³/mol. The first-order chi connectivity index (χ1) is 8.43. The summed E-state index contributed by atoms with van der Waals surface area (Å²) < 4.78 is 1.56. The number of hydrogen-bond acceptors (Lipinski definition) is 3. The van der Waals surface area contributed by atoms with Crippen LogP contribution in [0.25, 0.3) is 0 Å². The Kier molecular flexibility index (Phi) is 4.70. The number of aryl methyl sites for hydroxylation is 1. The van der Waals surface area contributed by atoms with Gasteiger partial charge in [-0.2, -0.15) is 5.10 Å². The molecule has 0 radical (unpaired) electrons. The van der Waals surface area contributed by atoms with E-state index in [2.05, 4.69) is 10.4 Å². The molecular formula is C11H18N4O3. The van der Waals surface area contributed by atoms with Crippen LogP contribution in [0.5, 0.6) is 0 Å². The molecule has 1 aromatic rings. The third-order valence-electron chi connectivity index (χ3n) is 2.65. The minimum atomic E-state index is -1.03. The van der Waals surface area contributed by atoms with E-state index in [1.165, 1.54) is 11.1 Å². The second kappa shape index (κ2) is 6.04. The van der Waals surface area contributed by atoms with E-state index in [0.717, 1.165) is 0 Å². The Balaban J connectivity index is 2.72. The minimum absolute atomic E-state index is 0.141. The molecule has 0 aromatic carbocycles. The maximum atomic E-state index is 12.0. The molecule has 1 aromatic heterocycles. The molecule has 0 spiro atoms. The van der Waals surface area contributed by atoms with E-state index in [1.54, 1.807) is 17.9 Å². The second-order valence-corrected chi connectivity index (χ2v) is 4.11. The lowest BCUT2D eigenvalue weighted by molar-refractivity contribution is -0.138. The molecule has 1 heterocycles. The molecule has 0 aliphatic rings. The molecular weight excluding hydrogens is 236 g/mol. The number of urea groups is 1. The topological polar surface area (TPSA) is 87.5 Å². The van der Waals surface area contributed by atoms with Gasteiger partial charge in [-0.05, 0) is 13.3 Å². The lowest BCUT2D eigenvalue weighted by Crippen LogP contribution is -2.44. The molecule has 100 valence electrons. The largest absolute Gasteiger partial charge is 0.480 e. The van der Waals surface area contributed by atoms with Crippen molar-refractivity contribution in [2.24, 2.45) is 7.05 Å². The molecule has 1 unspecified atom stereocenters. The summed E-state index contributed by atoms with van der Waals surface area (Å²) in [6.45, 7) is 3.39. The third-order valence-corrected chi connectivity index (χ3v) is 2.65. The summed E-state index contributed by atoms with van der Waals surface area (Å²) in [6.07, 6.45) is 3.84. The van der Waals surface area contributed by atoms with Crippen molar-refractivity contribution in [3.05, 3.63) is 12.4 Å². The van der Waals surface area contributed by atoms with Gasteiger partial charge in [0.15, 0.2) is 0 Å². The maximum Gasteiger partial charge on any atom is 0.323 e. The highest BCUT2D eigenvalue weighted by Gasteiger charge is 2.21. The maximum absolute atomic E-state index is 12.0.